The monoisotopic (exact) mass is 499 g/mol. The number of hydrogen-bond donors (Lipinski definition) is 2. The number of ether oxygens (including phenoxy) is 2. The third-order valence-electron chi connectivity index (χ3n) is 4.31. The van der Waals surface area contributed by atoms with Gasteiger partial charge in [-0.1, -0.05) is 6.07 Å². The largest absolute Gasteiger partial charge is 0.493 e. The molecule has 1 aromatic heterocycles. The first-order valence-corrected chi connectivity index (χ1v) is 8.44. The van der Waals surface area contributed by atoms with Crippen LogP contribution >= 0.6 is 24.0 Å². The Bertz CT molecular complexity index is 988. The number of benzene rings is 2. The number of rotatable bonds is 6. The molecule has 0 spiro atoms. The van der Waals surface area contributed by atoms with Crippen molar-refractivity contribution in [3.05, 3.63) is 59.1 Å². The van der Waals surface area contributed by atoms with Crippen LogP contribution in [0.25, 0.3) is 11.0 Å². The molecule has 3 rings (SSSR count). The predicted octanol–water partition coefficient (Wildman–Crippen LogP) is 4.12. The summed E-state index contributed by atoms with van der Waals surface area (Å²) in [6.45, 7) is 2.65. The van der Waals surface area contributed by atoms with Crippen molar-refractivity contribution in [3.8, 4) is 11.5 Å². The quantitative estimate of drug-likeness (QED) is 0.303. The van der Waals surface area contributed by atoms with Gasteiger partial charge in [-0.3, -0.25) is 0 Å². The highest BCUT2D eigenvalue weighted by Crippen LogP contribution is 2.28. The van der Waals surface area contributed by atoms with Gasteiger partial charge in [-0.05, 0) is 42.8 Å². The summed E-state index contributed by atoms with van der Waals surface area (Å²) >= 11 is 0. The number of halogens is 2. The summed E-state index contributed by atoms with van der Waals surface area (Å²) in [4.78, 5) is 4.32. The van der Waals surface area contributed by atoms with Crippen LogP contribution in [0.5, 0.6) is 11.5 Å². The van der Waals surface area contributed by atoms with Crippen LogP contribution in [0.4, 0.5) is 4.39 Å². The molecule has 3 aromatic rings. The summed E-state index contributed by atoms with van der Waals surface area (Å²) in [7, 11) is 3.17. The maximum atomic E-state index is 13.4. The van der Waals surface area contributed by atoms with Gasteiger partial charge < -0.3 is 24.9 Å². The third-order valence-corrected chi connectivity index (χ3v) is 4.31. The van der Waals surface area contributed by atoms with Crippen LogP contribution in [0, 0.1) is 12.7 Å². The summed E-state index contributed by atoms with van der Waals surface area (Å²) in [5.74, 6) is 1.99. The van der Waals surface area contributed by atoms with Gasteiger partial charge in [-0.25, -0.2) is 9.38 Å². The molecule has 8 heteroatoms. The fraction of sp³-hybridized carbons (Fsp3) is 0.250. The van der Waals surface area contributed by atoms with Crippen molar-refractivity contribution in [2.45, 2.75) is 20.0 Å². The van der Waals surface area contributed by atoms with Gasteiger partial charge in [0.15, 0.2) is 17.5 Å². The molecule has 3 N–H and O–H groups in total. The topological polar surface area (TPSA) is 82.0 Å². The average Bonchev–Trinajstić information content (AvgIpc) is 2.99. The van der Waals surface area contributed by atoms with Crippen molar-refractivity contribution in [2.75, 3.05) is 14.2 Å². The molecular weight excluding hydrogens is 476 g/mol. The maximum Gasteiger partial charge on any atom is 0.189 e. The normalized spacial score (nSPS) is 11.2. The number of aliphatic imine (C=N–C) groups is 1. The molecule has 6 nitrogen and oxygen atoms in total. The van der Waals surface area contributed by atoms with E-state index in [0.717, 1.165) is 16.5 Å². The molecule has 0 aliphatic heterocycles. The first-order chi connectivity index (χ1) is 13.0. The van der Waals surface area contributed by atoms with E-state index < -0.39 is 0 Å². The van der Waals surface area contributed by atoms with Crippen molar-refractivity contribution in [1.29, 1.82) is 0 Å². The number of nitrogens with zero attached hydrogens (tertiary/aromatic N) is 1. The molecule has 0 saturated heterocycles. The Hall–Kier alpha value is -2.49. The Labute approximate surface area is 179 Å². The lowest BCUT2D eigenvalue weighted by Crippen LogP contribution is -2.31. The smallest absolute Gasteiger partial charge is 0.189 e. The number of nitrogens with one attached hydrogen (secondary N) is 1. The molecule has 0 radical (unpaired) electrons. The van der Waals surface area contributed by atoms with Crippen molar-refractivity contribution in [1.82, 2.24) is 5.32 Å². The summed E-state index contributed by atoms with van der Waals surface area (Å²) in [6, 6.07) is 10.0. The molecule has 28 heavy (non-hydrogen) atoms. The predicted molar refractivity (Wildman–Crippen MR) is 118 cm³/mol. The molecule has 0 bridgehead atoms. The number of guanidine groups is 1. The summed E-state index contributed by atoms with van der Waals surface area (Å²) in [6.07, 6.45) is 0. The van der Waals surface area contributed by atoms with Crippen molar-refractivity contribution in [3.63, 3.8) is 0 Å². The SMILES string of the molecule is COc1ccc(CN=C(N)NCc2oc3ccc(F)cc3c2C)cc1OC.I. The molecule has 0 saturated carbocycles. The van der Waals surface area contributed by atoms with E-state index >= 15 is 0 Å². The molecule has 0 fully saturated rings. The molecule has 0 atom stereocenters. The second-order valence-electron chi connectivity index (χ2n) is 6.04. The van der Waals surface area contributed by atoms with Gasteiger partial charge in [-0.2, -0.15) is 0 Å². The Morgan fingerprint density at radius 1 is 1.14 bits per heavy atom. The number of fused-ring (bicyclic) bond motifs is 1. The zero-order valence-corrected chi connectivity index (χ0v) is 18.2. The second kappa shape index (κ2) is 9.63. The molecule has 0 aliphatic carbocycles. The fourth-order valence-electron chi connectivity index (χ4n) is 2.79. The van der Waals surface area contributed by atoms with E-state index in [-0.39, 0.29) is 35.8 Å². The van der Waals surface area contributed by atoms with E-state index in [1.54, 1.807) is 20.3 Å². The number of methoxy groups -OCH3 is 2. The molecule has 0 unspecified atom stereocenters. The lowest BCUT2D eigenvalue weighted by molar-refractivity contribution is 0.354. The number of aryl methyl sites for hydroxylation is 1. The Kier molecular flexibility index (Phi) is 7.50. The van der Waals surface area contributed by atoms with Gasteiger partial charge >= 0.3 is 0 Å². The van der Waals surface area contributed by atoms with Gasteiger partial charge in [0, 0.05) is 10.9 Å². The second-order valence-corrected chi connectivity index (χ2v) is 6.04. The van der Waals surface area contributed by atoms with E-state index in [9.17, 15) is 4.39 Å². The highest BCUT2D eigenvalue weighted by atomic mass is 127. The maximum absolute atomic E-state index is 13.4. The summed E-state index contributed by atoms with van der Waals surface area (Å²) in [5.41, 5.74) is 8.41. The van der Waals surface area contributed by atoms with Crippen LogP contribution in [0.3, 0.4) is 0 Å². The van der Waals surface area contributed by atoms with Crippen molar-refractivity contribution < 1.29 is 18.3 Å². The van der Waals surface area contributed by atoms with E-state index in [1.165, 1.54) is 12.1 Å². The van der Waals surface area contributed by atoms with E-state index in [1.807, 2.05) is 25.1 Å². The highest BCUT2D eigenvalue weighted by Gasteiger charge is 2.11. The van der Waals surface area contributed by atoms with Crippen LogP contribution < -0.4 is 20.5 Å². The molecule has 1 heterocycles. The zero-order chi connectivity index (χ0) is 19.4. The molecule has 0 amide bonds. The Morgan fingerprint density at radius 2 is 1.89 bits per heavy atom. The van der Waals surface area contributed by atoms with Crippen LogP contribution in [0.2, 0.25) is 0 Å². The summed E-state index contributed by atoms with van der Waals surface area (Å²) in [5, 5.41) is 3.78. The first kappa shape index (κ1) is 21.8. The molecule has 2 aromatic carbocycles. The van der Waals surface area contributed by atoms with Gasteiger partial charge in [0.25, 0.3) is 0 Å². The van der Waals surface area contributed by atoms with Crippen LogP contribution in [-0.4, -0.2) is 20.2 Å². The molecular formula is C20H23FIN3O3. The van der Waals surface area contributed by atoms with E-state index in [2.05, 4.69) is 10.3 Å². The standard InChI is InChI=1S/C20H22FN3O3.HI/c1-12-15-9-14(21)5-7-16(15)27-19(12)11-24-20(22)23-10-13-4-6-17(25-2)18(8-13)26-3;/h4-9H,10-11H2,1-3H3,(H3,22,23,24);1H. The van der Waals surface area contributed by atoms with Crippen LogP contribution in [-0.2, 0) is 13.1 Å². The average molecular weight is 499 g/mol. The number of furan rings is 1. The lowest BCUT2D eigenvalue weighted by Gasteiger charge is -2.09. The number of hydrogen-bond acceptors (Lipinski definition) is 4. The van der Waals surface area contributed by atoms with Crippen molar-refractivity contribution >= 4 is 40.9 Å². The minimum atomic E-state index is -0.290. The lowest BCUT2D eigenvalue weighted by atomic mass is 10.1. The van der Waals surface area contributed by atoms with Gasteiger partial charge in [-0.15, -0.1) is 24.0 Å². The Balaban J connectivity index is 0.00000280. The van der Waals surface area contributed by atoms with E-state index in [4.69, 9.17) is 19.6 Å². The van der Waals surface area contributed by atoms with Crippen molar-refractivity contribution in [2.24, 2.45) is 10.7 Å². The number of nitrogens with two attached hydrogens (primary N) is 1. The van der Waals surface area contributed by atoms with E-state index in [0.29, 0.717) is 35.9 Å². The molecule has 150 valence electrons. The third kappa shape index (κ3) is 4.86. The summed E-state index contributed by atoms with van der Waals surface area (Å²) < 4.78 is 29.6. The minimum Gasteiger partial charge on any atom is -0.493 e. The highest BCUT2D eigenvalue weighted by molar-refractivity contribution is 14.0. The van der Waals surface area contributed by atoms with Crippen LogP contribution in [0.1, 0.15) is 16.9 Å². The first-order valence-electron chi connectivity index (χ1n) is 8.44. The Morgan fingerprint density at radius 3 is 2.61 bits per heavy atom. The van der Waals surface area contributed by atoms with Gasteiger partial charge in [0.2, 0.25) is 0 Å². The zero-order valence-electron chi connectivity index (χ0n) is 15.9. The van der Waals surface area contributed by atoms with Gasteiger partial charge in [0.1, 0.15) is 17.2 Å². The minimum absolute atomic E-state index is 0. The molecule has 0 aliphatic rings. The fourth-order valence-corrected chi connectivity index (χ4v) is 2.79. The van der Waals surface area contributed by atoms with Crippen LogP contribution in [0.15, 0.2) is 45.8 Å². The van der Waals surface area contributed by atoms with Gasteiger partial charge in [0.05, 0.1) is 27.3 Å².